The summed E-state index contributed by atoms with van der Waals surface area (Å²) in [6.07, 6.45) is 2.60. The Kier molecular flexibility index (Phi) is 3.15. The number of hydrogen-bond donors (Lipinski definition) is 0. The average Bonchev–Trinajstić information content (AvgIpc) is 2.72. The molecule has 0 radical (unpaired) electrons. The summed E-state index contributed by atoms with van der Waals surface area (Å²) in [6, 6.07) is 0. The largest absolute Gasteiger partial charge is 0.460 e. The molecule has 1 aliphatic heterocycles. The second kappa shape index (κ2) is 4.31. The van der Waals surface area contributed by atoms with E-state index in [1.165, 1.54) is 0 Å². The predicted molar refractivity (Wildman–Crippen MR) is 64.7 cm³/mol. The number of fused-ring (bicyclic) bond motifs is 1. The highest BCUT2D eigenvalue weighted by Crippen LogP contribution is 2.46. The average molecular weight is 239 g/mol. The van der Waals surface area contributed by atoms with Gasteiger partial charge in [0.2, 0.25) is 5.60 Å². The lowest BCUT2D eigenvalue weighted by atomic mass is 9.83. The van der Waals surface area contributed by atoms with Crippen LogP contribution in [0.2, 0.25) is 0 Å². The number of rotatable bonds is 3. The molecule has 96 valence electrons. The fourth-order valence-electron chi connectivity index (χ4n) is 2.77. The van der Waals surface area contributed by atoms with Crippen molar-refractivity contribution in [1.29, 1.82) is 0 Å². The third kappa shape index (κ3) is 1.94. The first-order chi connectivity index (χ1) is 7.97. The third-order valence-electron chi connectivity index (χ3n) is 3.55. The summed E-state index contributed by atoms with van der Waals surface area (Å²) in [5, 5.41) is 4.14. The first kappa shape index (κ1) is 12.4. The molecule has 1 aliphatic carbocycles. The van der Waals surface area contributed by atoms with Crippen molar-refractivity contribution in [3.8, 4) is 0 Å². The van der Waals surface area contributed by atoms with Gasteiger partial charge in [0.15, 0.2) is 0 Å². The predicted octanol–water partition coefficient (Wildman–Crippen LogP) is 2.52. The molecule has 4 heteroatoms. The second-order valence-corrected chi connectivity index (χ2v) is 5.55. The molecule has 0 amide bonds. The maximum absolute atomic E-state index is 12.2. The Bertz CT molecular complexity index is 349. The van der Waals surface area contributed by atoms with Gasteiger partial charge in [-0.1, -0.05) is 19.0 Å². The summed E-state index contributed by atoms with van der Waals surface area (Å²) in [4.78, 5) is 17.7. The maximum atomic E-state index is 12.2. The first-order valence-corrected chi connectivity index (χ1v) is 6.44. The molecule has 2 aliphatic rings. The summed E-state index contributed by atoms with van der Waals surface area (Å²) in [7, 11) is 0. The van der Waals surface area contributed by atoms with E-state index in [4.69, 9.17) is 9.57 Å². The van der Waals surface area contributed by atoms with Crippen molar-refractivity contribution in [2.75, 3.05) is 0 Å². The van der Waals surface area contributed by atoms with Gasteiger partial charge in [0.1, 0.15) is 0 Å². The van der Waals surface area contributed by atoms with Gasteiger partial charge in [-0.15, -0.1) is 0 Å². The molecule has 2 unspecified atom stereocenters. The molecular weight excluding hydrogens is 218 g/mol. The molecule has 0 aromatic rings. The van der Waals surface area contributed by atoms with Crippen LogP contribution in [0.3, 0.4) is 0 Å². The Balaban J connectivity index is 2.19. The second-order valence-electron chi connectivity index (χ2n) is 5.55. The van der Waals surface area contributed by atoms with E-state index < -0.39 is 5.60 Å². The van der Waals surface area contributed by atoms with Crippen LogP contribution in [-0.2, 0) is 14.4 Å². The third-order valence-corrected chi connectivity index (χ3v) is 3.55. The zero-order valence-electron chi connectivity index (χ0n) is 11.0. The van der Waals surface area contributed by atoms with E-state index in [0.717, 1.165) is 25.0 Å². The van der Waals surface area contributed by atoms with Gasteiger partial charge in [-0.05, 0) is 32.6 Å². The molecule has 1 saturated carbocycles. The molecule has 0 aromatic carbocycles. The van der Waals surface area contributed by atoms with Crippen molar-refractivity contribution >= 4 is 11.7 Å². The van der Waals surface area contributed by atoms with E-state index in [9.17, 15) is 4.79 Å². The van der Waals surface area contributed by atoms with Crippen LogP contribution < -0.4 is 0 Å². The minimum absolute atomic E-state index is 0.107. The van der Waals surface area contributed by atoms with Crippen LogP contribution in [0, 0.1) is 11.8 Å². The molecule has 2 rings (SSSR count). The Morgan fingerprint density at radius 3 is 2.76 bits per heavy atom. The van der Waals surface area contributed by atoms with Crippen LogP contribution in [0.15, 0.2) is 5.16 Å². The normalized spacial score (nSPS) is 31.4. The number of nitrogens with zero attached hydrogens (tertiary/aromatic N) is 1. The van der Waals surface area contributed by atoms with E-state index in [0.29, 0.717) is 5.92 Å². The lowest BCUT2D eigenvalue weighted by Crippen LogP contribution is -2.45. The van der Waals surface area contributed by atoms with E-state index in [-0.39, 0.29) is 18.0 Å². The molecule has 0 spiro atoms. The molecule has 1 heterocycles. The molecule has 0 bridgehead atoms. The van der Waals surface area contributed by atoms with Crippen molar-refractivity contribution in [2.24, 2.45) is 17.0 Å². The Morgan fingerprint density at radius 1 is 1.47 bits per heavy atom. The van der Waals surface area contributed by atoms with Crippen LogP contribution in [0.5, 0.6) is 0 Å². The quantitative estimate of drug-likeness (QED) is 0.711. The topological polar surface area (TPSA) is 47.9 Å². The lowest BCUT2D eigenvalue weighted by molar-refractivity contribution is -0.175. The fourth-order valence-corrected chi connectivity index (χ4v) is 2.77. The smallest absolute Gasteiger partial charge is 0.354 e. The van der Waals surface area contributed by atoms with Crippen LogP contribution in [0.25, 0.3) is 0 Å². The Labute approximate surface area is 102 Å². The highest BCUT2D eigenvalue weighted by molar-refractivity contribution is 5.97. The molecule has 17 heavy (non-hydrogen) atoms. The number of esters is 1. The zero-order chi connectivity index (χ0) is 12.6. The number of carbonyl (C=O) groups excluding carboxylic acids is 1. The maximum Gasteiger partial charge on any atom is 0.354 e. The van der Waals surface area contributed by atoms with Crippen LogP contribution >= 0.6 is 0 Å². The van der Waals surface area contributed by atoms with E-state index in [1.807, 2.05) is 13.8 Å². The molecular formula is C13H21NO3. The van der Waals surface area contributed by atoms with E-state index in [1.54, 1.807) is 0 Å². The molecule has 4 nitrogen and oxygen atoms in total. The van der Waals surface area contributed by atoms with Crippen LogP contribution in [-0.4, -0.2) is 23.4 Å². The fraction of sp³-hybridized carbons (Fsp3) is 0.846. The lowest BCUT2D eigenvalue weighted by Gasteiger charge is -2.26. The number of carbonyl (C=O) groups is 1. The molecule has 1 fully saturated rings. The summed E-state index contributed by atoms with van der Waals surface area (Å²) in [5.74, 6) is 0.204. The van der Waals surface area contributed by atoms with Gasteiger partial charge in [0, 0.05) is 6.42 Å². The highest BCUT2D eigenvalue weighted by atomic mass is 16.7. The van der Waals surface area contributed by atoms with Gasteiger partial charge in [-0.25, -0.2) is 4.79 Å². The highest BCUT2D eigenvalue weighted by Gasteiger charge is 2.59. The standard InChI is InChI=1S/C13H21NO3/c1-8(2)11-10-6-5-7-13(10,17-14-11)12(15)16-9(3)4/h8-10H,5-7H2,1-4H3. The van der Waals surface area contributed by atoms with Gasteiger partial charge >= 0.3 is 5.97 Å². The monoisotopic (exact) mass is 239 g/mol. The number of ether oxygens (including phenoxy) is 1. The van der Waals surface area contributed by atoms with Gasteiger partial charge in [0.25, 0.3) is 0 Å². The van der Waals surface area contributed by atoms with Crippen molar-refractivity contribution in [2.45, 2.75) is 58.7 Å². The molecule has 2 atom stereocenters. The Morgan fingerprint density at radius 2 is 2.18 bits per heavy atom. The minimum Gasteiger partial charge on any atom is -0.460 e. The molecule has 0 N–H and O–H groups in total. The van der Waals surface area contributed by atoms with E-state index >= 15 is 0 Å². The molecule has 0 aromatic heterocycles. The SMILES string of the molecule is CC(C)OC(=O)C12CCCC1C(C(C)C)=NO2. The van der Waals surface area contributed by atoms with Crippen LogP contribution in [0.1, 0.15) is 47.0 Å². The number of hydrogen-bond acceptors (Lipinski definition) is 4. The number of oxime groups is 1. The summed E-state index contributed by atoms with van der Waals surface area (Å²) in [5.41, 5.74) is 0.201. The Hall–Kier alpha value is -1.06. The van der Waals surface area contributed by atoms with Gasteiger partial charge < -0.3 is 9.57 Å². The zero-order valence-corrected chi connectivity index (χ0v) is 11.0. The van der Waals surface area contributed by atoms with Crippen molar-refractivity contribution in [3.63, 3.8) is 0 Å². The van der Waals surface area contributed by atoms with Gasteiger partial charge in [-0.2, -0.15) is 0 Å². The summed E-state index contributed by atoms with van der Waals surface area (Å²) in [6.45, 7) is 7.89. The summed E-state index contributed by atoms with van der Waals surface area (Å²) >= 11 is 0. The van der Waals surface area contributed by atoms with Crippen molar-refractivity contribution in [3.05, 3.63) is 0 Å². The van der Waals surface area contributed by atoms with E-state index in [2.05, 4.69) is 19.0 Å². The van der Waals surface area contributed by atoms with Crippen molar-refractivity contribution in [1.82, 2.24) is 0 Å². The van der Waals surface area contributed by atoms with Crippen LogP contribution in [0.4, 0.5) is 0 Å². The summed E-state index contributed by atoms with van der Waals surface area (Å²) < 4.78 is 5.33. The minimum atomic E-state index is -0.816. The first-order valence-electron chi connectivity index (χ1n) is 6.44. The van der Waals surface area contributed by atoms with Gasteiger partial charge in [-0.3, -0.25) is 0 Å². The van der Waals surface area contributed by atoms with Gasteiger partial charge in [0.05, 0.1) is 17.7 Å². The van der Waals surface area contributed by atoms with Crippen molar-refractivity contribution < 1.29 is 14.4 Å². The molecule has 0 saturated heterocycles.